The van der Waals surface area contributed by atoms with Gasteiger partial charge in [-0.1, -0.05) is 18.2 Å². The van der Waals surface area contributed by atoms with Gasteiger partial charge in [0.25, 0.3) is 0 Å². The van der Waals surface area contributed by atoms with Gasteiger partial charge < -0.3 is 9.84 Å². The van der Waals surface area contributed by atoms with E-state index >= 15 is 0 Å². The van der Waals surface area contributed by atoms with Gasteiger partial charge in [-0.05, 0) is 30.4 Å². The molecule has 0 saturated heterocycles. The predicted molar refractivity (Wildman–Crippen MR) is 59.7 cm³/mol. The van der Waals surface area contributed by atoms with Crippen LogP contribution in [0.2, 0.25) is 0 Å². The van der Waals surface area contributed by atoms with Crippen LogP contribution in [-0.2, 0) is 11.2 Å². The van der Waals surface area contributed by atoms with E-state index < -0.39 is 5.60 Å². The number of hydrogen-bond acceptors (Lipinski definition) is 2. The zero-order chi connectivity index (χ0) is 11.6. The highest BCUT2D eigenvalue weighted by molar-refractivity contribution is 5.20. The third-order valence-corrected chi connectivity index (χ3v) is 3.19. The molecule has 1 aromatic carbocycles. The van der Waals surface area contributed by atoms with Gasteiger partial charge in [0.1, 0.15) is 5.82 Å². The third kappa shape index (κ3) is 2.42. The van der Waals surface area contributed by atoms with Crippen molar-refractivity contribution in [1.82, 2.24) is 0 Å². The summed E-state index contributed by atoms with van der Waals surface area (Å²) in [6, 6.07) is 6.59. The Balaban J connectivity index is 2.14. The van der Waals surface area contributed by atoms with E-state index in [-0.39, 0.29) is 18.3 Å². The van der Waals surface area contributed by atoms with Crippen LogP contribution in [-0.4, -0.2) is 24.4 Å². The zero-order valence-corrected chi connectivity index (χ0v) is 9.45. The summed E-state index contributed by atoms with van der Waals surface area (Å²) in [5.41, 5.74) is -0.342. The molecule has 1 saturated carbocycles. The summed E-state index contributed by atoms with van der Waals surface area (Å²) in [5.74, 6) is 0.00438. The maximum atomic E-state index is 13.5. The lowest BCUT2D eigenvalue weighted by molar-refractivity contribution is -0.0479. The Labute approximate surface area is 95.1 Å². The van der Waals surface area contributed by atoms with Crippen LogP contribution in [0, 0.1) is 11.7 Å². The van der Waals surface area contributed by atoms with Crippen molar-refractivity contribution < 1.29 is 14.2 Å². The first-order chi connectivity index (χ1) is 7.65. The van der Waals surface area contributed by atoms with Crippen molar-refractivity contribution in [3.8, 4) is 0 Å². The smallest absolute Gasteiger partial charge is 0.126 e. The van der Waals surface area contributed by atoms with Crippen molar-refractivity contribution in [2.75, 3.05) is 13.7 Å². The Kier molecular flexibility index (Phi) is 3.26. The SMILES string of the molecule is COCC(O)(Cc1ccccc1F)C1CC1. The molecule has 0 spiro atoms. The van der Waals surface area contributed by atoms with Crippen LogP contribution in [0.15, 0.2) is 24.3 Å². The second-order valence-electron chi connectivity index (χ2n) is 4.58. The quantitative estimate of drug-likeness (QED) is 0.830. The molecule has 0 radical (unpaired) electrons. The molecular formula is C13H17FO2. The number of halogens is 1. The Morgan fingerprint density at radius 3 is 2.69 bits per heavy atom. The molecule has 1 aliphatic carbocycles. The normalized spacial score (nSPS) is 19.4. The van der Waals surface area contributed by atoms with Crippen LogP contribution in [0.25, 0.3) is 0 Å². The molecule has 1 aromatic rings. The molecule has 1 fully saturated rings. The van der Waals surface area contributed by atoms with Crippen LogP contribution >= 0.6 is 0 Å². The Bertz CT molecular complexity index is 363. The monoisotopic (exact) mass is 224 g/mol. The number of hydrogen-bond donors (Lipinski definition) is 1. The van der Waals surface area contributed by atoms with Crippen LogP contribution in [0.4, 0.5) is 4.39 Å². The molecule has 88 valence electrons. The fraction of sp³-hybridized carbons (Fsp3) is 0.538. The summed E-state index contributed by atoms with van der Waals surface area (Å²) in [6.07, 6.45) is 2.35. The van der Waals surface area contributed by atoms with Gasteiger partial charge >= 0.3 is 0 Å². The lowest BCUT2D eigenvalue weighted by Gasteiger charge is -2.27. The van der Waals surface area contributed by atoms with Gasteiger partial charge in [-0.25, -0.2) is 4.39 Å². The van der Waals surface area contributed by atoms with E-state index in [1.165, 1.54) is 6.07 Å². The van der Waals surface area contributed by atoms with Crippen molar-refractivity contribution in [3.63, 3.8) is 0 Å². The largest absolute Gasteiger partial charge is 0.387 e. The first kappa shape index (κ1) is 11.6. The molecule has 0 amide bonds. The summed E-state index contributed by atoms with van der Waals surface area (Å²) in [7, 11) is 1.56. The summed E-state index contributed by atoms with van der Waals surface area (Å²) >= 11 is 0. The maximum absolute atomic E-state index is 13.5. The van der Waals surface area contributed by atoms with Gasteiger partial charge in [0.15, 0.2) is 0 Å². The predicted octanol–water partition coefficient (Wildman–Crippen LogP) is 2.16. The van der Waals surface area contributed by atoms with E-state index in [9.17, 15) is 9.50 Å². The molecule has 0 aromatic heterocycles. The van der Waals surface area contributed by atoms with Crippen LogP contribution in [0.1, 0.15) is 18.4 Å². The van der Waals surface area contributed by atoms with Gasteiger partial charge in [0.2, 0.25) is 0 Å². The zero-order valence-electron chi connectivity index (χ0n) is 9.45. The molecule has 3 heteroatoms. The molecular weight excluding hydrogens is 207 g/mol. The number of rotatable bonds is 5. The van der Waals surface area contributed by atoms with Crippen LogP contribution in [0.3, 0.4) is 0 Å². The van der Waals surface area contributed by atoms with Gasteiger partial charge in [0, 0.05) is 13.5 Å². The van der Waals surface area contributed by atoms with Gasteiger partial charge in [-0.2, -0.15) is 0 Å². The minimum atomic E-state index is -0.906. The minimum absolute atomic E-state index is 0.252. The van der Waals surface area contributed by atoms with E-state index in [2.05, 4.69) is 0 Å². The Hall–Kier alpha value is -0.930. The summed E-state index contributed by atoms with van der Waals surface area (Å²) < 4.78 is 18.5. The fourth-order valence-corrected chi connectivity index (χ4v) is 2.16. The summed E-state index contributed by atoms with van der Waals surface area (Å²) in [4.78, 5) is 0. The highest BCUT2D eigenvalue weighted by atomic mass is 19.1. The van der Waals surface area contributed by atoms with Crippen LogP contribution in [0.5, 0.6) is 0 Å². The standard InChI is InChI=1S/C13H17FO2/c1-16-9-13(15,11-6-7-11)8-10-4-2-3-5-12(10)14/h2-5,11,15H,6-9H2,1H3. The van der Waals surface area contributed by atoms with E-state index in [1.54, 1.807) is 25.3 Å². The summed E-state index contributed by atoms with van der Waals surface area (Å²) in [6.45, 7) is 0.270. The maximum Gasteiger partial charge on any atom is 0.126 e. The van der Waals surface area contributed by atoms with Crippen molar-refractivity contribution in [2.45, 2.75) is 24.9 Å². The average molecular weight is 224 g/mol. The molecule has 2 rings (SSSR count). The molecule has 1 N–H and O–H groups in total. The Morgan fingerprint density at radius 2 is 2.12 bits per heavy atom. The van der Waals surface area contributed by atoms with E-state index in [1.807, 2.05) is 0 Å². The van der Waals surface area contributed by atoms with Crippen molar-refractivity contribution in [3.05, 3.63) is 35.6 Å². The summed E-state index contributed by atoms with van der Waals surface area (Å²) in [5, 5.41) is 10.4. The molecule has 2 nitrogen and oxygen atoms in total. The number of benzene rings is 1. The number of aliphatic hydroxyl groups is 1. The first-order valence-corrected chi connectivity index (χ1v) is 5.60. The van der Waals surface area contributed by atoms with Crippen molar-refractivity contribution >= 4 is 0 Å². The van der Waals surface area contributed by atoms with Crippen molar-refractivity contribution in [1.29, 1.82) is 0 Å². The second-order valence-corrected chi connectivity index (χ2v) is 4.58. The van der Waals surface area contributed by atoms with Gasteiger partial charge in [0.05, 0.1) is 12.2 Å². The van der Waals surface area contributed by atoms with E-state index in [0.29, 0.717) is 12.0 Å². The molecule has 1 aliphatic rings. The molecule has 16 heavy (non-hydrogen) atoms. The first-order valence-electron chi connectivity index (χ1n) is 5.60. The van der Waals surface area contributed by atoms with Crippen LogP contribution < -0.4 is 0 Å². The lowest BCUT2D eigenvalue weighted by Crippen LogP contribution is -2.39. The highest BCUT2D eigenvalue weighted by Crippen LogP contribution is 2.41. The van der Waals surface area contributed by atoms with Crippen molar-refractivity contribution in [2.24, 2.45) is 5.92 Å². The topological polar surface area (TPSA) is 29.5 Å². The fourth-order valence-electron chi connectivity index (χ4n) is 2.16. The van der Waals surface area contributed by atoms with E-state index in [0.717, 1.165) is 12.8 Å². The van der Waals surface area contributed by atoms with Gasteiger partial charge in [-0.3, -0.25) is 0 Å². The number of methoxy groups -OCH3 is 1. The van der Waals surface area contributed by atoms with Gasteiger partial charge in [-0.15, -0.1) is 0 Å². The Morgan fingerprint density at radius 1 is 1.44 bits per heavy atom. The molecule has 1 atom stereocenters. The second kappa shape index (κ2) is 4.52. The lowest BCUT2D eigenvalue weighted by atomic mass is 9.90. The minimum Gasteiger partial charge on any atom is -0.387 e. The number of ether oxygens (including phenoxy) is 1. The molecule has 1 unspecified atom stereocenters. The average Bonchev–Trinajstić information content (AvgIpc) is 3.05. The molecule has 0 bridgehead atoms. The molecule has 0 heterocycles. The van der Waals surface area contributed by atoms with E-state index in [4.69, 9.17) is 4.74 Å². The third-order valence-electron chi connectivity index (χ3n) is 3.19. The molecule has 0 aliphatic heterocycles. The highest BCUT2D eigenvalue weighted by Gasteiger charge is 2.44.